The van der Waals surface area contributed by atoms with Gasteiger partial charge in [-0.15, -0.1) is 10.2 Å². The van der Waals surface area contributed by atoms with Crippen molar-refractivity contribution >= 4 is 16.6 Å². The summed E-state index contributed by atoms with van der Waals surface area (Å²) in [7, 11) is 0. The number of nitrogens with zero attached hydrogens (tertiary/aromatic N) is 5. The van der Waals surface area contributed by atoms with Gasteiger partial charge in [0.05, 0.1) is 11.1 Å². The van der Waals surface area contributed by atoms with Crippen LogP contribution in [-0.4, -0.2) is 60.9 Å². The van der Waals surface area contributed by atoms with E-state index in [4.69, 9.17) is 15.5 Å². The predicted octanol–water partition coefficient (Wildman–Crippen LogP) is 3.33. The van der Waals surface area contributed by atoms with Crippen molar-refractivity contribution in [3.05, 3.63) is 54.0 Å². The van der Waals surface area contributed by atoms with Crippen molar-refractivity contribution in [2.45, 2.75) is 44.9 Å². The zero-order chi connectivity index (χ0) is 24.0. The Labute approximate surface area is 197 Å². The molecule has 0 bridgehead atoms. The molecule has 4 aromatic rings. The number of aliphatic hydroxyl groups is 1. The van der Waals surface area contributed by atoms with Crippen LogP contribution in [0.4, 0.5) is 4.39 Å². The minimum absolute atomic E-state index is 0.0349. The Morgan fingerprint density at radius 2 is 2.06 bits per heavy atom. The normalized spacial score (nSPS) is 18.1. The van der Waals surface area contributed by atoms with Crippen LogP contribution >= 0.6 is 0 Å². The summed E-state index contributed by atoms with van der Waals surface area (Å²) in [6.07, 6.45) is 3.06. The summed E-state index contributed by atoms with van der Waals surface area (Å²) in [5.41, 5.74) is 8.08. The highest BCUT2D eigenvalue weighted by Gasteiger charge is 2.25. The highest BCUT2D eigenvalue weighted by molar-refractivity contribution is 5.82. The maximum Gasteiger partial charge on any atom is 0.187 e. The van der Waals surface area contributed by atoms with E-state index in [1.165, 1.54) is 6.07 Å². The van der Waals surface area contributed by atoms with E-state index in [0.29, 0.717) is 22.4 Å². The van der Waals surface area contributed by atoms with E-state index < -0.39 is 11.4 Å². The van der Waals surface area contributed by atoms with Crippen molar-refractivity contribution in [2.24, 2.45) is 5.73 Å². The molecule has 1 saturated heterocycles. The number of rotatable bonds is 6. The summed E-state index contributed by atoms with van der Waals surface area (Å²) >= 11 is 0. The van der Waals surface area contributed by atoms with Crippen LogP contribution < -0.4 is 10.5 Å². The Balaban J connectivity index is 1.50. The standard InChI is InChI=1S/C25H29FN6O2/c1-15(31-9-8-18(27)13-31)17-5-7-23-29-30-24(32(23)12-17)20-6-4-16-10-19(26)22(11-21(16)28-20)34-14-25(2,3)33/h4-7,10-12,15,18,33H,8-9,13-14,27H2,1-3H3/t15-,18-/m0/s1. The SMILES string of the molecule is C[C@@H](c1ccc2nnc(-c3ccc4cc(F)c(OCC(C)(C)O)cc4n3)n2c1)N1CC[C@H](N)C1. The Bertz CT molecular complexity index is 1350. The molecule has 0 unspecified atom stereocenters. The fraction of sp³-hybridized carbons (Fsp3) is 0.400. The quantitative estimate of drug-likeness (QED) is 0.451. The van der Waals surface area contributed by atoms with E-state index in [-0.39, 0.29) is 24.4 Å². The van der Waals surface area contributed by atoms with Gasteiger partial charge in [0.25, 0.3) is 0 Å². The number of ether oxygens (including phenoxy) is 1. The van der Waals surface area contributed by atoms with Crippen molar-refractivity contribution < 1.29 is 14.2 Å². The maximum absolute atomic E-state index is 14.5. The van der Waals surface area contributed by atoms with Crippen LogP contribution in [0.25, 0.3) is 28.1 Å². The lowest BCUT2D eigenvalue weighted by Gasteiger charge is -2.24. The molecule has 1 aromatic carbocycles. The van der Waals surface area contributed by atoms with Crippen LogP contribution in [0.3, 0.4) is 0 Å². The second kappa shape index (κ2) is 8.57. The van der Waals surface area contributed by atoms with Crippen LogP contribution in [0.5, 0.6) is 5.75 Å². The minimum atomic E-state index is -1.08. The van der Waals surface area contributed by atoms with E-state index in [0.717, 1.165) is 30.7 Å². The van der Waals surface area contributed by atoms with Gasteiger partial charge in [0.2, 0.25) is 0 Å². The third kappa shape index (κ3) is 4.46. The van der Waals surface area contributed by atoms with Crippen molar-refractivity contribution in [1.29, 1.82) is 0 Å². The number of halogens is 1. The number of aromatic nitrogens is 4. The highest BCUT2D eigenvalue weighted by Crippen LogP contribution is 2.29. The molecule has 178 valence electrons. The van der Waals surface area contributed by atoms with Gasteiger partial charge in [-0.25, -0.2) is 9.37 Å². The lowest BCUT2D eigenvalue weighted by molar-refractivity contribution is 0.0272. The number of fused-ring (bicyclic) bond motifs is 2. The average molecular weight is 465 g/mol. The van der Waals surface area contributed by atoms with Gasteiger partial charge in [-0.3, -0.25) is 9.30 Å². The van der Waals surface area contributed by atoms with Crippen LogP contribution in [0.1, 0.15) is 38.8 Å². The van der Waals surface area contributed by atoms with E-state index in [2.05, 4.69) is 28.1 Å². The zero-order valence-corrected chi connectivity index (χ0v) is 19.6. The molecular formula is C25H29FN6O2. The summed E-state index contributed by atoms with van der Waals surface area (Å²) in [5.74, 6) is 0.150. The second-order valence-electron chi connectivity index (χ2n) is 9.71. The number of pyridine rings is 2. The Morgan fingerprint density at radius 3 is 2.79 bits per heavy atom. The first-order chi connectivity index (χ1) is 16.2. The molecule has 0 saturated carbocycles. The summed E-state index contributed by atoms with van der Waals surface area (Å²) in [6, 6.07) is 11.0. The molecule has 4 heterocycles. The van der Waals surface area contributed by atoms with Crippen molar-refractivity contribution in [3.8, 4) is 17.3 Å². The molecular weight excluding hydrogens is 435 g/mol. The third-order valence-electron chi connectivity index (χ3n) is 6.26. The van der Waals surface area contributed by atoms with Crippen molar-refractivity contribution in [1.82, 2.24) is 24.5 Å². The van der Waals surface area contributed by atoms with Gasteiger partial charge in [0.1, 0.15) is 12.3 Å². The van der Waals surface area contributed by atoms with Crippen LogP contribution in [0.15, 0.2) is 42.6 Å². The minimum Gasteiger partial charge on any atom is -0.487 e. The molecule has 9 heteroatoms. The molecule has 5 rings (SSSR count). The second-order valence-corrected chi connectivity index (χ2v) is 9.71. The zero-order valence-electron chi connectivity index (χ0n) is 19.6. The smallest absolute Gasteiger partial charge is 0.187 e. The van der Waals surface area contributed by atoms with E-state index in [1.807, 2.05) is 22.7 Å². The molecule has 1 aliphatic heterocycles. The predicted molar refractivity (Wildman–Crippen MR) is 128 cm³/mol. The summed E-state index contributed by atoms with van der Waals surface area (Å²) in [6.45, 7) is 7.22. The van der Waals surface area contributed by atoms with Crippen LogP contribution in [0.2, 0.25) is 0 Å². The van der Waals surface area contributed by atoms with Gasteiger partial charge in [0.15, 0.2) is 23.0 Å². The maximum atomic E-state index is 14.5. The topological polar surface area (TPSA) is 102 Å². The number of nitrogens with two attached hydrogens (primary N) is 1. The van der Waals surface area contributed by atoms with Gasteiger partial charge in [0, 0.05) is 42.8 Å². The molecule has 0 radical (unpaired) electrons. The molecule has 3 aromatic heterocycles. The molecule has 2 atom stereocenters. The first-order valence-corrected chi connectivity index (χ1v) is 11.5. The third-order valence-corrected chi connectivity index (χ3v) is 6.26. The average Bonchev–Trinajstić information content (AvgIpc) is 3.42. The van der Waals surface area contributed by atoms with E-state index in [1.54, 1.807) is 26.0 Å². The van der Waals surface area contributed by atoms with Gasteiger partial charge >= 0.3 is 0 Å². The fourth-order valence-corrected chi connectivity index (χ4v) is 4.32. The monoisotopic (exact) mass is 464 g/mol. The number of hydrogen-bond acceptors (Lipinski definition) is 7. The summed E-state index contributed by atoms with van der Waals surface area (Å²) in [5, 5.41) is 19.2. The Kier molecular flexibility index (Phi) is 5.71. The summed E-state index contributed by atoms with van der Waals surface area (Å²) in [4.78, 5) is 7.10. The number of likely N-dealkylation sites (tertiary alicyclic amines) is 1. The first-order valence-electron chi connectivity index (χ1n) is 11.5. The molecule has 0 spiro atoms. The number of benzene rings is 1. The van der Waals surface area contributed by atoms with Gasteiger partial charge < -0.3 is 15.6 Å². The molecule has 3 N–H and O–H groups in total. The van der Waals surface area contributed by atoms with Gasteiger partial charge in [-0.1, -0.05) is 12.1 Å². The fourth-order valence-electron chi connectivity index (χ4n) is 4.32. The Hall–Kier alpha value is -3.14. The van der Waals surface area contributed by atoms with Gasteiger partial charge in [-0.2, -0.15) is 0 Å². The van der Waals surface area contributed by atoms with Gasteiger partial charge in [-0.05, 0) is 51.0 Å². The molecule has 1 aliphatic rings. The van der Waals surface area contributed by atoms with E-state index >= 15 is 0 Å². The van der Waals surface area contributed by atoms with E-state index in [9.17, 15) is 9.50 Å². The van der Waals surface area contributed by atoms with Crippen molar-refractivity contribution in [3.63, 3.8) is 0 Å². The largest absolute Gasteiger partial charge is 0.487 e. The molecule has 0 amide bonds. The Morgan fingerprint density at radius 1 is 1.24 bits per heavy atom. The molecule has 0 aliphatic carbocycles. The molecule has 1 fully saturated rings. The highest BCUT2D eigenvalue weighted by atomic mass is 19.1. The first kappa shape index (κ1) is 22.6. The van der Waals surface area contributed by atoms with Crippen LogP contribution in [0, 0.1) is 5.82 Å². The molecule has 34 heavy (non-hydrogen) atoms. The summed E-state index contributed by atoms with van der Waals surface area (Å²) < 4.78 is 21.9. The molecule has 8 nitrogen and oxygen atoms in total. The van der Waals surface area contributed by atoms with Crippen molar-refractivity contribution in [2.75, 3.05) is 19.7 Å². The lowest BCUT2D eigenvalue weighted by atomic mass is 10.1. The lowest BCUT2D eigenvalue weighted by Crippen LogP contribution is -2.28. The van der Waals surface area contributed by atoms with Crippen LogP contribution in [-0.2, 0) is 0 Å². The number of hydrogen-bond donors (Lipinski definition) is 2.